The molecule has 2 aromatic carbocycles. The van der Waals surface area contributed by atoms with Gasteiger partial charge < -0.3 is 31.1 Å². The van der Waals surface area contributed by atoms with Gasteiger partial charge in [-0.15, -0.1) is 5.10 Å². The van der Waals surface area contributed by atoms with Crippen LogP contribution in [-0.4, -0.2) is 74.6 Å². The van der Waals surface area contributed by atoms with Crippen LogP contribution in [0.1, 0.15) is 48.8 Å². The predicted molar refractivity (Wildman–Crippen MR) is 160 cm³/mol. The molecule has 3 aromatic rings. The highest BCUT2D eigenvalue weighted by atomic mass is 16.5. The van der Waals surface area contributed by atoms with Crippen LogP contribution in [0.4, 0.5) is 0 Å². The van der Waals surface area contributed by atoms with Crippen molar-refractivity contribution in [1.82, 2.24) is 36.3 Å². The molecule has 0 radical (unpaired) electrons. The zero-order valence-corrected chi connectivity index (χ0v) is 25.0. The molecule has 0 fully saturated rings. The molecule has 1 aromatic heterocycles. The summed E-state index contributed by atoms with van der Waals surface area (Å²) in [6, 6.07) is 12.3. The van der Waals surface area contributed by atoms with Gasteiger partial charge >= 0.3 is 0 Å². The molecule has 0 saturated carbocycles. The zero-order chi connectivity index (χ0) is 31.6. The molecule has 13 nitrogen and oxygen atoms in total. The Morgan fingerprint density at radius 1 is 0.932 bits per heavy atom. The van der Waals surface area contributed by atoms with Crippen LogP contribution >= 0.6 is 0 Å². The number of benzene rings is 2. The number of nitrogens with one attached hydrogen (secondary N) is 4. The average Bonchev–Trinajstić information content (AvgIpc) is 3.45. The summed E-state index contributed by atoms with van der Waals surface area (Å²) in [5.41, 5.74) is 1.58. The first-order valence-electron chi connectivity index (χ1n) is 14.6. The number of hydrogen-bond donors (Lipinski definition) is 5. The minimum absolute atomic E-state index is 0.0186. The van der Waals surface area contributed by atoms with E-state index in [2.05, 4.69) is 31.6 Å². The van der Waals surface area contributed by atoms with E-state index in [1.807, 2.05) is 44.2 Å². The minimum atomic E-state index is -1.40. The van der Waals surface area contributed by atoms with Crippen LogP contribution in [0.3, 0.4) is 0 Å². The summed E-state index contributed by atoms with van der Waals surface area (Å²) in [5.74, 6) is -1.90. The van der Waals surface area contributed by atoms with E-state index in [9.17, 15) is 24.3 Å². The number of carbonyl (C=O) groups excluding carboxylic acids is 4. The summed E-state index contributed by atoms with van der Waals surface area (Å²) < 4.78 is 7.40. The highest BCUT2D eigenvalue weighted by Crippen LogP contribution is 2.15. The number of ether oxygens (including phenoxy) is 1. The topological polar surface area (TPSA) is 177 Å². The molecular weight excluding hydrogens is 566 g/mol. The van der Waals surface area contributed by atoms with Gasteiger partial charge in [-0.25, -0.2) is 4.68 Å². The van der Waals surface area contributed by atoms with E-state index in [-0.39, 0.29) is 37.5 Å². The van der Waals surface area contributed by atoms with Gasteiger partial charge in [0.05, 0.1) is 25.4 Å². The highest BCUT2D eigenvalue weighted by Gasteiger charge is 2.33. The maximum Gasteiger partial charge on any atom is 0.252 e. The Morgan fingerprint density at radius 2 is 1.70 bits per heavy atom. The monoisotopic (exact) mass is 605 g/mol. The van der Waals surface area contributed by atoms with E-state index in [1.165, 1.54) is 6.92 Å². The molecule has 4 bridgehead atoms. The van der Waals surface area contributed by atoms with Crippen LogP contribution < -0.4 is 26.0 Å². The third-order valence-electron chi connectivity index (χ3n) is 7.02. The minimum Gasteiger partial charge on any atom is -0.492 e. The SMILES string of the molecule is CC(C)C[C@H]1NC(=O)c2cccc(c2)OCCn2cc(nn2)CNC(=O)[C@@H](Cc2ccccc2)NC(=O)[C@H]([C@@H](C)O)NC1=O. The molecule has 4 amide bonds. The summed E-state index contributed by atoms with van der Waals surface area (Å²) in [7, 11) is 0. The maximum absolute atomic E-state index is 13.5. The van der Waals surface area contributed by atoms with Crippen LogP contribution in [0, 0.1) is 5.92 Å². The summed E-state index contributed by atoms with van der Waals surface area (Å²) in [5, 5.41) is 29.5. The molecule has 0 spiro atoms. The molecule has 0 aliphatic carbocycles. The van der Waals surface area contributed by atoms with E-state index in [4.69, 9.17) is 4.74 Å². The smallest absolute Gasteiger partial charge is 0.252 e. The standard InChI is InChI=1S/C31H39N7O6/c1-19(2)14-25-30(42)35-27(20(3)39)31(43)34-26(15-21-8-5-4-6-9-21)29(41)32-17-23-18-38(37-36-23)12-13-44-24-11-7-10-22(16-24)28(40)33-25/h4-11,16,18-20,25-27,39H,12-15,17H2,1-3H3,(H,32,41)(H,33,40)(H,34,43)(H,35,42)/t20-,25-,26-,27+/m1/s1. The van der Waals surface area contributed by atoms with E-state index < -0.39 is 47.9 Å². The van der Waals surface area contributed by atoms with Gasteiger partial charge in [0, 0.05) is 12.0 Å². The summed E-state index contributed by atoms with van der Waals surface area (Å²) in [6.07, 6.45) is 0.809. The van der Waals surface area contributed by atoms with Crippen molar-refractivity contribution >= 4 is 23.6 Å². The number of hydrogen-bond acceptors (Lipinski definition) is 8. The van der Waals surface area contributed by atoms with Crippen molar-refractivity contribution in [2.75, 3.05) is 6.61 Å². The molecular formula is C31H39N7O6. The molecule has 1 aliphatic heterocycles. The van der Waals surface area contributed by atoms with Crippen LogP contribution in [0.2, 0.25) is 0 Å². The predicted octanol–water partition coefficient (Wildman–Crippen LogP) is 0.725. The first-order valence-corrected chi connectivity index (χ1v) is 14.6. The number of aliphatic hydroxyl groups is 1. The average molecular weight is 606 g/mol. The number of rotatable bonds is 5. The first-order chi connectivity index (χ1) is 21.1. The molecule has 44 heavy (non-hydrogen) atoms. The third-order valence-corrected chi connectivity index (χ3v) is 7.02. The van der Waals surface area contributed by atoms with Gasteiger partial charge in [-0.2, -0.15) is 0 Å². The van der Waals surface area contributed by atoms with Crippen molar-refractivity contribution in [3.8, 4) is 5.75 Å². The Labute approximate surface area is 255 Å². The second-order valence-electron chi connectivity index (χ2n) is 11.2. The summed E-state index contributed by atoms with van der Waals surface area (Å²) >= 11 is 0. The number of aliphatic hydroxyl groups excluding tert-OH is 1. The molecule has 4 atom stereocenters. The van der Waals surface area contributed by atoms with Crippen LogP contribution in [0.5, 0.6) is 5.75 Å². The van der Waals surface area contributed by atoms with E-state index in [0.29, 0.717) is 18.0 Å². The number of fused-ring (bicyclic) bond motifs is 4. The lowest BCUT2D eigenvalue weighted by atomic mass is 10.0. The second kappa shape index (κ2) is 15.1. The van der Waals surface area contributed by atoms with Gasteiger partial charge in [0.25, 0.3) is 5.91 Å². The van der Waals surface area contributed by atoms with Crippen molar-refractivity contribution in [1.29, 1.82) is 0 Å². The number of aromatic nitrogens is 3. The second-order valence-corrected chi connectivity index (χ2v) is 11.2. The van der Waals surface area contributed by atoms with Gasteiger partial charge in [0.15, 0.2) is 0 Å². The van der Waals surface area contributed by atoms with Gasteiger partial charge in [-0.1, -0.05) is 55.5 Å². The van der Waals surface area contributed by atoms with Crippen molar-refractivity contribution in [2.24, 2.45) is 5.92 Å². The van der Waals surface area contributed by atoms with Gasteiger partial charge in [-0.3, -0.25) is 19.2 Å². The molecule has 4 rings (SSSR count). The fourth-order valence-corrected chi connectivity index (χ4v) is 4.74. The third kappa shape index (κ3) is 9.11. The van der Waals surface area contributed by atoms with Crippen LogP contribution in [0.25, 0.3) is 0 Å². The Hall–Kier alpha value is -4.78. The van der Waals surface area contributed by atoms with Gasteiger partial charge in [0.1, 0.15) is 36.2 Å². The fourth-order valence-electron chi connectivity index (χ4n) is 4.74. The lowest BCUT2D eigenvalue weighted by Gasteiger charge is -2.27. The van der Waals surface area contributed by atoms with Crippen LogP contribution in [0.15, 0.2) is 60.8 Å². The molecule has 234 valence electrons. The van der Waals surface area contributed by atoms with Crippen molar-refractivity contribution in [3.05, 3.63) is 77.6 Å². The van der Waals surface area contributed by atoms with Gasteiger partial charge in [0.2, 0.25) is 17.7 Å². The lowest BCUT2D eigenvalue weighted by Crippen LogP contribution is -2.60. The van der Waals surface area contributed by atoms with Crippen molar-refractivity contribution < 1.29 is 29.0 Å². The lowest BCUT2D eigenvalue weighted by molar-refractivity contribution is -0.135. The number of carbonyl (C=O) groups is 4. The summed E-state index contributed by atoms with van der Waals surface area (Å²) in [4.78, 5) is 53.5. The number of nitrogens with zero attached hydrogens (tertiary/aromatic N) is 3. The van der Waals surface area contributed by atoms with E-state index in [1.54, 1.807) is 35.1 Å². The Balaban J connectivity index is 1.63. The Kier molecular flexibility index (Phi) is 11.0. The molecule has 0 unspecified atom stereocenters. The quantitative estimate of drug-likeness (QED) is 0.283. The van der Waals surface area contributed by atoms with E-state index >= 15 is 0 Å². The Morgan fingerprint density at radius 3 is 2.43 bits per heavy atom. The normalized spacial score (nSPS) is 21.2. The largest absolute Gasteiger partial charge is 0.492 e. The summed E-state index contributed by atoms with van der Waals surface area (Å²) in [6.45, 7) is 5.83. The number of amides is 4. The highest BCUT2D eigenvalue weighted by molar-refractivity contribution is 5.99. The molecule has 13 heteroatoms. The van der Waals surface area contributed by atoms with Crippen molar-refractivity contribution in [2.45, 2.75) is 70.9 Å². The molecule has 1 aliphatic rings. The molecule has 5 N–H and O–H groups in total. The van der Waals surface area contributed by atoms with Crippen LogP contribution in [-0.2, 0) is 33.9 Å². The van der Waals surface area contributed by atoms with Crippen molar-refractivity contribution in [3.63, 3.8) is 0 Å². The maximum atomic E-state index is 13.5. The zero-order valence-electron chi connectivity index (χ0n) is 25.0. The van der Waals surface area contributed by atoms with Gasteiger partial charge in [-0.05, 0) is 43.0 Å². The molecule has 0 saturated heterocycles. The van der Waals surface area contributed by atoms with E-state index in [0.717, 1.165) is 5.56 Å². The Bertz CT molecular complexity index is 1440. The molecule has 2 heterocycles. The first kappa shape index (κ1) is 32.1. The fraction of sp³-hybridized carbons (Fsp3) is 0.419.